The number of anilines is 1. The number of amides is 1. The number of carbonyl (C=O) groups excluding carboxylic acids is 1. The minimum Gasteiger partial charge on any atom is -0.374 e. The minimum atomic E-state index is -0.193. The molecule has 3 rings (SSSR count). The number of nitrogen functional groups attached to an aromatic ring is 1. The van der Waals surface area contributed by atoms with Crippen molar-refractivity contribution in [3.63, 3.8) is 0 Å². The molecule has 0 fully saturated rings. The van der Waals surface area contributed by atoms with Gasteiger partial charge in [-0.15, -0.1) is 10.2 Å². The summed E-state index contributed by atoms with van der Waals surface area (Å²) in [5.41, 5.74) is 8.07. The van der Waals surface area contributed by atoms with Crippen LogP contribution < -0.4 is 11.1 Å². The van der Waals surface area contributed by atoms with E-state index in [1.807, 2.05) is 12.1 Å². The van der Waals surface area contributed by atoms with Crippen LogP contribution in [0, 0.1) is 0 Å². The number of benzene rings is 1. The Kier molecular flexibility index (Phi) is 2.71. The van der Waals surface area contributed by atoms with E-state index in [4.69, 9.17) is 5.73 Å². The molecule has 1 aliphatic rings. The van der Waals surface area contributed by atoms with E-state index in [1.165, 1.54) is 11.1 Å². The Hall–Kier alpha value is -1.95. The first-order chi connectivity index (χ1) is 8.72. The van der Waals surface area contributed by atoms with Crippen molar-refractivity contribution >= 4 is 22.4 Å². The van der Waals surface area contributed by atoms with Crippen LogP contribution in [0.25, 0.3) is 0 Å². The van der Waals surface area contributed by atoms with Crippen LogP contribution in [0.5, 0.6) is 0 Å². The minimum absolute atomic E-state index is 0.139. The highest BCUT2D eigenvalue weighted by molar-refractivity contribution is 7.16. The molecule has 1 aromatic carbocycles. The van der Waals surface area contributed by atoms with Gasteiger partial charge in [-0.05, 0) is 24.0 Å². The third-order valence-corrected chi connectivity index (χ3v) is 3.77. The number of fused-ring (bicyclic) bond motifs is 1. The lowest BCUT2D eigenvalue weighted by molar-refractivity contribution is 0.0937. The predicted octanol–water partition coefficient (Wildman–Crippen LogP) is 1.02. The average molecular weight is 260 g/mol. The van der Waals surface area contributed by atoms with Crippen LogP contribution in [0.15, 0.2) is 24.3 Å². The molecule has 1 amide bonds. The van der Waals surface area contributed by atoms with E-state index >= 15 is 0 Å². The maximum Gasteiger partial charge on any atom is 0.282 e. The molecule has 3 N–H and O–H groups in total. The molecule has 18 heavy (non-hydrogen) atoms. The molecule has 1 aromatic heterocycles. The maximum atomic E-state index is 11.9. The molecule has 0 aliphatic heterocycles. The summed E-state index contributed by atoms with van der Waals surface area (Å²) in [6.07, 6.45) is 1.74. The van der Waals surface area contributed by atoms with Gasteiger partial charge in [0, 0.05) is 6.04 Å². The Morgan fingerprint density at radius 1 is 1.28 bits per heavy atom. The van der Waals surface area contributed by atoms with Gasteiger partial charge in [0.05, 0.1) is 0 Å². The van der Waals surface area contributed by atoms with E-state index in [2.05, 4.69) is 27.6 Å². The first-order valence-corrected chi connectivity index (χ1v) is 6.50. The highest BCUT2D eigenvalue weighted by Gasteiger charge is 2.23. The van der Waals surface area contributed by atoms with Crippen molar-refractivity contribution in [1.82, 2.24) is 15.5 Å². The van der Waals surface area contributed by atoms with E-state index in [9.17, 15) is 4.79 Å². The van der Waals surface area contributed by atoms with Gasteiger partial charge in [-0.3, -0.25) is 4.79 Å². The summed E-state index contributed by atoms with van der Waals surface area (Å²) in [5.74, 6) is -0.193. The van der Waals surface area contributed by atoms with Crippen LogP contribution in [-0.2, 0) is 12.8 Å². The van der Waals surface area contributed by atoms with Gasteiger partial charge in [-0.2, -0.15) is 0 Å². The van der Waals surface area contributed by atoms with Crippen LogP contribution in [0.2, 0.25) is 0 Å². The van der Waals surface area contributed by atoms with Gasteiger partial charge in [-0.1, -0.05) is 35.6 Å². The zero-order valence-electron chi connectivity index (χ0n) is 9.59. The van der Waals surface area contributed by atoms with Crippen LogP contribution in [0.4, 0.5) is 5.13 Å². The Balaban J connectivity index is 1.68. The van der Waals surface area contributed by atoms with Gasteiger partial charge in [-0.25, -0.2) is 0 Å². The number of nitrogens with one attached hydrogen (secondary N) is 1. The lowest BCUT2D eigenvalue weighted by Gasteiger charge is -2.09. The molecule has 1 aliphatic carbocycles. The normalized spacial score (nSPS) is 14.4. The van der Waals surface area contributed by atoms with Crippen LogP contribution in [0.1, 0.15) is 20.9 Å². The topological polar surface area (TPSA) is 80.9 Å². The standard InChI is InChI=1S/C12H12N4OS/c13-12-16-15-11(18-12)10(17)14-9-5-7-3-1-2-4-8(7)6-9/h1-4,9H,5-6H2,(H2,13,16)(H,14,17). The number of rotatable bonds is 2. The van der Waals surface area contributed by atoms with E-state index in [-0.39, 0.29) is 11.9 Å². The second-order valence-corrected chi connectivity index (χ2v) is 5.30. The predicted molar refractivity (Wildman–Crippen MR) is 69.4 cm³/mol. The van der Waals surface area contributed by atoms with Crippen molar-refractivity contribution in [2.24, 2.45) is 0 Å². The van der Waals surface area contributed by atoms with Gasteiger partial charge in [0.15, 0.2) is 0 Å². The quantitative estimate of drug-likeness (QED) is 0.844. The fourth-order valence-electron chi connectivity index (χ4n) is 2.23. The number of nitrogens with two attached hydrogens (primary N) is 1. The Morgan fingerprint density at radius 2 is 1.94 bits per heavy atom. The van der Waals surface area contributed by atoms with Crippen LogP contribution in [0.3, 0.4) is 0 Å². The van der Waals surface area contributed by atoms with Crippen molar-refractivity contribution in [3.8, 4) is 0 Å². The summed E-state index contributed by atoms with van der Waals surface area (Å²) >= 11 is 1.11. The fourth-order valence-corrected chi connectivity index (χ4v) is 2.75. The third kappa shape index (κ3) is 2.06. The molecule has 0 spiro atoms. The van der Waals surface area contributed by atoms with E-state index < -0.39 is 0 Å². The number of hydrogen-bond donors (Lipinski definition) is 2. The second-order valence-electron chi connectivity index (χ2n) is 4.29. The average Bonchev–Trinajstić information content (AvgIpc) is 2.94. The zero-order chi connectivity index (χ0) is 12.5. The SMILES string of the molecule is Nc1nnc(C(=O)NC2Cc3ccccc3C2)s1. The van der Waals surface area contributed by atoms with Crippen molar-refractivity contribution in [2.45, 2.75) is 18.9 Å². The largest absolute Gasteiger partial charge is 0.374 e. The fraction of sp³-hybridized carbons (Fsp3) is 0.250. The van der Waals surface area contributed by atoms with E-state index in [1.54, 1.807) is 0 Å². The molecular formula is C12H12N4OS. The highest BCUT2D eigenvalue weighted by atomic mass is 32.1. The van der Waals surface area contributed by atoms with E-state index in [0.29, 0.717) is 10.1 Å². The van der Waals surface area contributed by atoms with Crippen molar-refractivity contribution in [1.29, 1.82) is 0 Å². The summed E-state index contributed by atoms with van der Waals surface area (Å²) in [4.78, 5) is 11.9. The monoisotopic (exact) mass is 260 g/mol. The third-order valence-electron chi connectivity index (χ3n) is 3.02. The van der Waals surface area contributed by atoms with Gasteiger partial charge in [0.2, 0.25) is 10.1 Å². The Labute approximate surface area is 108 Å². The number of nitrogens with zero attached hydrogens (tertiary/aromatic N) is 2. The first kappa shape index (κ1) is 11.2. The van der Waals surface area contributed by atoms with Crippen LogP contribution >= 0.6 is 11.3 Å². The first-order valence-electron chi connectivity index (χ1n) is 5.69. The molecule has 6 heteroatoms. The molecule has 0 saturated carbocycles. The van der Waals surface area contributed by atoms with E-state index in [0.717, 1.165) is 24.2 Å². The molecule has 5 nitrogen and oxygen atoms in total. The Morgan fingerprint density at radius 3 is 2.50 bits per heavy atom. The molecule has 2 aromatic rings. The zero-order valence-corrected chi connectivity index (χ0v) is 10.4. The summed E-state index contributed by atoms with van der Waals surface area (Å²) in [6, 6.07) is 8.39. The number of aromatic nitrogens is 2. The summed E-state index contributed by atoms with van der Waals surface area (Å²) in [6.45, 7) is 0. The molecule has 0 saturated heterocycles. The smallest absolute Gasteiger partial charge is 0.282 e. The number of carbonyl (C=O) groups is 1. The maximum absolute atomic E-state index is 11.9. The van der Waals surface area contributed by atoms with Crippen LogP contribution in [-0.4, -0.2) is 22.1 Å². The number of hydrogen-bond acceptors (Lipinski definition) is 5. The molecule has 92 valence electrons. The lowest BCUT2D eigenvalue weighted by atomic mass is 10.1. The summed E-state index contributed by atoms with van der Waals surface area (Å²) in [7, 11) is 0. The van der Waals surface area contributed by atoms with Gasteiger partial charge in [0.1, 0.15) is 0 Å². The molecule has 0 radical (unpaired) electrons. The Bertz CT molecular complexity index is 570. The van der Waals surface area contributed by atoms with Gasteiger partial charge in [0.25, 0.3) is 5.91 Å². The van der Waals surface area contributed by atoms with Crippen molar-refractivity contribution < 1.29 is 4.79 Å². The highest BCUT2D eigenvalue weighted by Crippen LogP contribution is 2.22. The van der Waals surface area contributed by atoms with Crippen molar-refractivity contribution in [3.05, 3.63) is 40.4 Å². The summed E-state index contributed by atoms with van der Waals surface area (Å²) < 4.78 is 0. The lowest BCUT2D eigenvalue weighted by Crippen LogP contribution is -2.35. The molecule has 0 unspecified atom stereocenters. The van der Waals surface area contributed by atoms with Gasteiger partial charge >= 0.3 is 0 Å². The second kappa shape index (κ2) is 4.38. The molecule has 0 bridgehead atoms. The molecular weight excluding hydrogens is 248 g/mol. The summed E-state index contributed by atoms with van der Waals surface area (Å²) in [5, 5.41) is 11.0. The molecule has 1 heterocycles. The molecule has 0 atom stereocenters. The van der Waals surface area contributed by atoms with Crippen molar-refractivity contribution in [2.75, 3.05) is 5.73 Å². The van der Waals surface area contributed by atoms with Gasteiger partial charge < -0.3 is 11.1 Å².